The lowest BCUT2D eigenvalue weighted by Gasteiger charge is -2.14. The normalized spacial score (nSPS) is 11.8. The second-order valence-electron chi connectivity index (χ2n) is 6.88. The molecular weight excluding hydrogens is 342 g/mol. The van der Waals surface area contributed by atoms with Crippen molar-refractivity contribution < 1.29 is 19.1 Å². The van der Waals surface area contributed by atoms with E-state index in [0.29, 0.717) is 16.8 Å². The van der Waals surface area contributed by atoms with Crippen LogP contribution in [0.3, 0.4) is 0 Å². The molecule has 0 aliphatic heterocycles. The molecule has 2 aromatic carbocycles. The Labute approximate surface area is 159 Å². The van der Waals surface area contributed by atoms with Gasteiger partial charge in [0.15, 0.2) is 6.10 Å². The average molecular weight is 367 g/mol. The molecule has 0 aliphatic carbocycles. The van der Waals surface area contributed by atoms with Crippen molar-refractivity contribution in [3.63, 3.8) is 0 Å². The van der Waals surface area contributed by atoms with Gasteiger partial charge in [-0.25, -0.2) is 4.79 Å². The van der Waals surface area contributed by atoms with Gasteiger partial charge in [0.2, 0.25) is 11.7 Å². The first-order valence-corrected chi connectivity index (χ1v) is 8.93. The molecule has 0 aromatic heterocycles. The summed E-state index contributed by atoms with van der Waals surface area (Å²) in [5.74, 6) is -1.03. The Balaban J connectivity index is 2.05. The predicted octanol–water partition coefficient (Wildman–Crippen LogP) is 4.33. The zero-order valence-electron chi connectivity index (χ0n) is 16.3. The molecule has 0 bridgehead atoms. The van der Waals surface area contributed by atoms with Gasteiger partial charge in [0.1, 0.15) is 0 Å². The van der Waals surface area contributed by atoms with E-state index in [1.165, 1.54) is 0 Å². The van der Waals surface area contributed by atoms with E-state index in [4.69, 9.17) is 4.74 Å². The van der Waals surface area contributed by atoms with Crippen LogP contribution < -0.4 is 5.32 Å². The third-order valence-corrected chi connectivity index (χ3v) is 4.44. The first-order chi connectivity index (χ1) is 12.7. The molecule has 1 atom stereocenters. The summed E-state index contributed by atoms with van der Waals surface area (Å²) in [6.45, 7) is 8.93. The topological polar surface area (TPSA) is 72.5 Å². The molecule has 5 heteroatoms. The van der Waals surface area contributed by atoms with Gasteiger partial charge in [-0.2, -0.15) is 0 Å². The maximum absolute atomic E-state index is 12.5. The molecule has 142 valence electrons. The van der Waals surface area contributed by atoms with Crippen molar-refractivity contribution in [1.82, 2.24) is 0 Å². The number of carbonyl (C=O) groups excluding carboxylic acids is 3. The summed E-state index contributed by atoms with van der Waals surface area (Å²) in [6.07, 6.45) is -0.909. The summed E-state index contributed by atoms with van der Waals surface area (Å²) in [5.41, 5.74) is 3.32. The first-order valence-electron chi connectivity index (χ1n) is 8.93. The molecule has 0 aliphatic rings. The molecule has 2 aromatic rings. The van der Waals surface area contributed by atoms with Crippen LogP contribution in [0.2, 0.25) is 0 Å². The number of ether oxygens (including phenoxy) is 1. The smallest absolute Gasteiger partial charge is 0.339 e. The Morgan fingerprint density at radius 3 is 2.15 bits per heavy atom. The maximum Gasteiger partial charge on any atom is 0.339 e. The fourth-order valence-corrected chi connectivity index (χ4v) is 2.49. The van der Waals surface area contributed by atoms with Crippen molar-refractivity contribution >= 4 is 23.3 Å². The van der Waals surface area contributed by atoms with Gasteiger partial charge in [-0.3, -0.25) is 9.59 Å². The molecule has 0 radical (unpaired) electrons. The SMILES string of the molecule is Cc1cccc(C(=O)OC(C)C(=O)c2ccc(NC(=O)C(C)C)cc2)c1C. The molecule has 5 nitrogen and oxygen atoms in total. The van der Waals surface area contributed by atoms with Crippen LogP contribution in [0.25, 0.3) is 0 Å². The van der Waals surface area contributed by atoms with Crippen LogP contribution >= 0.6 is 0 Å². The van der Waals surface area contributed by atoms with Crippen LogP contribution in [0.4, 0.5) is 5.69 Å². The molecule has 2 rings (SSSR count). The quantitative estimate of drug-likeness (QED) is 0.609. The summed E-state index contributed by atoms with van der Waals surface area (Å²) in [6, 6.07) is 11.9. The Kier molecular flexibility index (Phi) is 6.50. The molecular formula is C22H25NO4. The summed E-state index contributed by atoms with van der Waals surface area (Å²) < 4.78 is 5.36. The van der Waals surface area contributed by atoms with E-state index >= 15 is 0 Å². The second-order valence-corrected chi connectivity index (χ2v) is 6.88. The van der Waals surface area contributed by atoms with E-state index in [-0.39, 0.29) is 17.6 Å². The second kappa shape index (κ2) is 8.62. The summed E-state index contributed by atoms with van der Waals surface area (Å²) >= 11 is 0. The van der Waals surface area contributed by atoms with Gasteiger partial charge in [0.25, 0.3) is 0 Å². The highest BCUT2D eigenvalue weighted by Crippen LogP contribution is 2.17. The number of carbonyl (C=O) groups is 3. The molecule has 0 saturated carbocycles. The van der Waals surface area contributed by atoms with Crippen LogP contribution in [-0.2, 0) is 9.53 Å². The maximum atomic E-state index is 12.5. The Morgan fingerprint density at radius 1 is 0.926 bits per heavy atom. The number of amides is 1. The van der Waals surface area contributed by atoms with Gasteiger partial charge < -0.3 is 10.1 Å². The predicted molar refractivity (Wildman–Crippen MR) is 105 cm³/mol. The minimum Gasteiger partial charge on any atom is -0.451 e. The lowest BCUT2D eigenvalue weighted by molar-refractivity contribution is -0.118. The Hall–Kier alpha value is -2.95. The minimum atomic E-state index is -0.909. The third kappa shape index (κ3) is 5.03. The van der Waals surface area contributed by atoms with Crippen molar-refractivity contribution in [3.8, 4) is 0 Å². The van der Waals surface area contributed by atoms with Crippen molar-refractivity contribution in [1.29, 1.82) is 0 Å². The number of ketones is 1. The molecule has 1 unspecified atom stereocenters. The van der Waals surface area contributed by atoms with Gasteiger partial charge >= 0.3 is 5.97 Å². The number of rotatable bonds is 6. The Bertz CT molecular complexity index is 853. The molecule has 0 saturated heterocycles. The van der Waals surface area contributed by atoms with E-state index in [1.54, 1.807) is 57.2 Å². The molecule has 1 N–H and O–H groups in total. The van der Waals surface area contributed by atoms with Crippen LogP contribution in [-0.4, -0.2) is 23.8 Å². The van der Waals surface area contributed by atoms with Crippen LogP contribution in [0, 0.1) is 19.8 Å². The zero-order valence-corrected chi connectivity index (χ0v) is 16.3. The van der Waals surface area contributed by atoms with Gasteiger partial charge in [0, 0.05) is 17.2 Å². The number of nitrogens with one attached hydrogen (secondary N) is 1. The van der Waals surface area contributed by atoms with E-state index in [9.17, 15) is 14.4 Å². The molecule has 1 amide bonds. The van der Waals surface area contributed by atoms with E-state index in [1.807, 2.05) is 19.9 Å². The van der Waals surface area contributed by atoms with Crippen LogP contribution in [0.5, 0.6) is 0 Å². The van der Waals surface area contributed by atoms with Gasteiger partial charge in [0.05, 0.1) is 5.56 Å². The standard InChI is InChI=1S/C22H25NO4/c1-13(2)21(25)23-18-11-9-17(10-12-18)20(24)16(5)27-22(26)19-8-6-7-14(3)15(19)4/h6-13,16H,1-5H3,(H,23,25). The third-order valence-electron chi connectivity index (χ3n) is 4.44. The van der Waals surface area contributed by atoms with E-state index < -0.39 is 12.1 Å². The first kappa shape index (κ1) is 20.4. The Morgan fingerprint density at radius 2 is 1.56 bits per heavy atom. The lowest BCUT2D eigenvalue weighted by atomic mass is 10.0. The van der Waals surface area contributed by atoms with Crippen molar-refractivity contribution in [2.24, 2.45) is 5.92 Å². The number of Topliss-reactive ketones (excluding diaryl/α,β-unsaturated/α-hetero) is 1. The largest absolute Gasteiger partial charge is 0.451 e. The number of esters is 1. The molecule has 0 heterocycles. The van der Waals surface area contributed by atoms with Gasteiger partial charge in [-0.1, -0.05) is 26.0 Å². The average Bonchev–Trinajstić information content (AvgIpc) is 2.63. The number of hydrogen-bond acceptors (Lipinski definition) is 4. The monoisotopic (exact) mass is 367 g/mol. The minimum absolute atomic E-state index is 0.0927. The van der Waals surface area contributed by atoms with Crippen molar-refractivity contribution in [2.45, 2.75) is 40.7 Å². The number of hydrogen-bond donors (Lipinski definition) is 1. The summed E-state index contributed by atoms with van der Waals surface area (Å²) in [7, 11) is 0. The highest BCUT2D eigenvalue weighted by atomic mass is 16.5. The van der Waals surface area contributed by atoms with E-state index in [2.05, 4.69) is 5.32 Å². The highest BCUT2D eigenvalue weighted by Gasteiger charge is 2.21. The highest BCUT2D eigenvalue weighted by molar-refractivity contribution is 6.02. The van der Waals surface area contributed by atoms with Crippen molar-refractivity contribution in [3.05, 3.63) is 64.7 Å². The fraction of sp³-hybridized carbons (Fsp3) is 0.318. The van der Waals surface area contributed by atoms with E-state index in [0.717, 1.165) is 11.1 Å². The number of benzene rings is 2. The summed E-state index contributed by atoms with van der Waals surface area (Å²) in [5, 5.41) is 2.77. The molecule has 27 heavy (non-hydrogen) atoms. The lowest BCUT2D eigenvalue weighted by Crippen LogP contribution is -2.25. The van der Waals surface area contributed by atoms with Gasteiger partial charge in [-0.05, 0) is 62.2 Å². The fourth-order valence-electron chi connectivity index (χ4n) is 2.49. The number of anilines is 1. The molecule has 0 fully saturated rings. The zero-order chi connectivity index (χ0) is 20.1. The van der Waals surface area contributed by atoms with Gasteiger partial charge in [-0.15, -0.1) is 0 Å². The summed E-state index contributed by atoms with van der Waals surface area (Å²) in [4.78, 5) is 36.6. The van der Waals surface area contributed by atoms with Crippen molar-refractivity contribution in [2.75, 3.05) is 5.32 Å². The van der Waals surface area contributed by atoms with Crippen LogP contribution in [0.1, 0.15) is 52.6 Å². The number of aryl methyl sites for hydroxylation is 1. The molecule has 0 spiro atoms. The van der Waals surface area contributed by atoms with Crippen LogP contribution in [0.15, 0.2) is 42.5 Å².